The largest absolute Gasteiger partial charge is 0.378 e. The van der Waals surface area contributed by atoms with Crippen molar-refractivity contribution >= 4 is 0 Å². The van der Waals surface area contributed by atoms with Crippen molar-refractivity contribution in [1.29, 1.82) is 0 Å². The molecule has 17 heavy (non-hydrogen) atoms. The molecule has 2 rings (SSSR count). The first-order valence-corrected chi connectivity index (χ1v) is 7.42. The highest BCUT2D eigenvalue weighted by Crippen LogP contribution is 2.39. The van der Waals surface area contributed by atoms with Gasteiger partial charge in [-0.2, -0.15) is 0 Å². The summed E-state index contributed by atoms with van der Waals surface area (Å²) < 4.78 is 5.75. The quantitative estimate of drug-likeness (QED) is 0.817. The summed E-state index contributed by atoms with van der Waals surface area (Å²) in [7, 11) is 2.14. The summed E-state index contributed by atoms with van der Waals surface area (Å²) in [5.41, 5.74) is 0. The summed E-state index contributed by atoms with van der Waals surface area (Å²) in [6, 6.07) is 0.669. The topological polar surface area (TPSA) is 21.3 Å². The average Bonchev–Trinajstić information content (AvgIpc) is 2.71. The first-order chi connectivity index (χ1) is 8.13. The van der Waals surface area contributed by atoms with E-state index in [1.165, 1.54) is 25.7 Å². The van der Waals surface area contributed by atoms with Crippen molar-refractivity contribution in [2.24, 2.45) is 23.7 Å². The number of hydrogen-bond acceptors (Lipinski definition) is 2. The molecule has 1 aliphatic heterocycles. The molecule has 2 fully saturated rings. The molecule has 0 amide bonds. The Labute approximate surface area is 107 Å². The maximum absolute atomic E-state index is 5.75. The van der Waals surface area contributed by atoms with Crippen molar-refractivity contribution in [3.63, 3.8) is 0 Å². The summed E-state index contributed by atoms with van der Waals surface area (Å²) in [5.74, 6) is 3.40. The van der Waals surface area contributed by atoms with Crippen LogP contribution in [0.2, 0.25) is 0 Å². The lowest BCUT2D eigenvalue weighted by Crippen LogP contribution is -2.45. The fraction of sp³-hybridized carbons (Fsp3) is 1.00. The van der Waals surface area contributed by atoms with Crippen LogP contribution >= 0.6 is 0 Å². The number of nitrogens with one attached hydrogen (secondary N) is 1. The van der Waals surface area contributed by atoms with Gasteiger partial charge >= 0.3 is 0 Å². The van der Waals surface area contributed by atoms with Crippen molar-refractivity contribution in [2.45, 2.75) is 58.6 Å². The minimum absolute atomic E-state index is 0.446. The molecule has 0 aromatic carbocycles. The standard InChI is InChI=1S/C15H29NO/c1-10-5-6-13(9-11(10)2)15(16-4)14-7-8-17-12(14)3/h10-16H,5-9H2,1-4H3. The molecule has 1 N–H and O–H groups in total. The summed E-state index contributed by atoms with van der Waals surface area (Å²) in [4.78, 5) is 0. The zero-order valence-corrected chi connectivity index (χ0v) is 11.9. The Morgan fingerprint density at radius 3 is 2.35 bits per heavy atom. The highest BCUT2D eigenvalue weighted by atomic mass is 16.5. The predicted octanol–water partition coefficient (Wildman–Crippen LogP) is 3.07. The van der Waals surface area contributed by atoms with E-state index in [1.54, 1.807) is 0 Å². The van der Waals surface area contributed by atoms with Gasteiger partial charge in [0.2, 0.25) is 0 Å². The number of ether oxygens (including phenoxy) is 1. The van der Waals surface area contributed by atoms with E-state index in [0.29, 0.717) is 12.1 Å². The SMILES string of the molecule is CNC(C1CCC(C)C(C)C1)C1CCOC1C. The molecule has 0 spiro atoms. The van der Waals surface area contributed by atoms with Crippen LogP contribution in [0.3, 0.4) is 0 Å². The molecule has 0 aromatic rings. The Balaban J connectivity index is 1.98. The van der Waals surface area contributed by atoms with Crippen LogP contribution < -0.4 is 5.32 Å². The molecular weight excluding hydrogens is 210 g/mol. The number of hydrogen-bond donors (Lipinski definition) is 1. The van der Waals surface area contributed by atoms with Gasteiger partial charge in [0.25, 0.3) is 0 Å². The van der Waals surface area contributed by atoms with Gasteiger partial charge < -0.3 is 10.1 Å². The molecule has 1 aliphatic carbocycles. The van der Waals surface area contributed by atoms with Gasteiger partial charge in [0.1, 0.15) is 0 Å². The lowest BCUT2D eigenvalue weighted by atomic mass is 9.70. The third-order valence-electron chi connectivity index (χ3n) is 5.38. The second kappa shape index (κ2) is 5.71. The zero-order chi connectivity index (χ0) is 12.4. The Bertz CT molecular complexity index is 243. The third kappa shape index (κ3) is 2.85. The van der Waals surface area contributed by atoms with Crippen molar-refractivity contribution in [3.8, 4) is 0 Å². The van der Waals surface area contributed by atoms with E-state index in [4.69, 9.17) is 4.74 Å². The highest BCUT2D eigenvalue weighted by molar-refractivity contribution is 4.91. The fourth-order valence-corrected chi connectivity index (χ4v) is 3.93. The van der Waals surface area contributed by atoms with Gasteiger partial charge in [0, 0.05) is 18.6 Å². The summed E-state index contributed by atoms with van der Waals surface area (Å²) in [6.45, 7) is 8.05. The summed E-state index contributed by atoms with van der Waals surface area (Å²) in [6.07, 6.45) is 5.90. The highest BCUT2D eigenvalue weighted by Gasteiger charge is 2.38. The van der Waals surface area contributed by atoms with Gasteiger partial charge in [-0.3, -0.25) is 0 Å². The lowest BCUT2D eigenvalue weighted by molar-refractivity contribution is 0.0740. The lowest BCUT2D eigenvalue weighted by Gasteiger charge is -2.39. The van der Waals surface area contributed by atoms with Crippen molar-refractivity contribution in [3.05, 3.63) is 0 Å². The van der Waals surface area contributed by atoms with Crippen LogP contribution in [0, 0.1) is 23.7 Å². The average molecular weight is 239 g/mol. The number of rotatable bonds is 3. The zero-order valence-electron chi connectivity index (χ0n) is 11.9. The van der Waals surface area contributed by atoms with Crippen LogP contribution in [-0.2, 0) is 4.74 Å². The first kappa shape index (κ1) is 13.4. The monoisotopic (exact) mass is 239 g/mol. The van der Waals surface area contributed by atoms with E-state index in [-0.39, 0.29) is 0 Å². The van der Waals surface area contributed by atoms with Crippen LogP contribution in [0.1, 0.15) is 46.5 Å². The van der Waals surface area contributed by atoms with Crippen molar-refractivity contribution < 1.29 is 4.74 Å². The van der Waals surface area contributed by atoms with Crippen LogP contribution in [0.5, 0.6) is 0 Å². The molecule has 2 nitrogen and oxygen atoms in total. The van der Waals surface area contributed by atoms with Crippen molar-refractivity contribution in [1.82, 2.24) is 5.32 Å². The molecule has 1 saturated carbocycles. The van der Waals surface area contributed by atoms with Crippen LogP contribution in [-0.4, -0.2) is 25.8 Å². The Morgan fingerprint density at radius 2 is 1.82 bits per heavy atom. The van der Waals surface area contributed by atoms with E-state index in [1.807, 2.05) is 0 Å². The molecule has 1 saturated heterocycles. The van der Waals surface area contributed by atoms with Gasteiger partial charge in [0.05, 0.1) is 6.10 Å². The second-order valence-electron chi connectivity index (χ2n) is 6.37. The summed E-state index contributed by atoms with van der Waals surface area (Å²) >= 11 is 0. The smallest absolute Gasteiger partial charge is 0.0590 e. The predicted molar refractivity (Wildman–Crippen MR) is 72.0 cm³/mol. The van der Waals surface area contributed by atoms with E-state index in [9.17, 15) is 0 Å². The van der Waals surface area contributed by atoms with Crippen LogP contribution in [0.25, 0.3) is 0 Å². The molecular formula is C15H29NO. The van der Waals surface area contributed by atoms with E-state index in [2.05, 4.69) is 33.1 Å². The molecule has 6 unspecified atom stereocenters. The fourth-order valence-electron chi connectivity index (χ4n) is 3.93. The normalized spacial score (nSPS) is 44.8. The van der Waals surface area contributed by atoms with Gasteiger partial charge in [-0.1, -0.05) is 20.3 Å². The molecule has 1 heterocycles. The minimum atomic E-state index is 0.446. The van der Waals surface area contributed by atoms with Gasteiger partial charge in [-0.05, 0) is 51.0 Å². The molecule has 2 heteroatoms. The Hall–Kier alpha value is -0.0800. The molecule has 6 atom stereocenters. The summed E-state index contributed by atoms with van der Waals surface area (Å²) in [5, 5.41) is 3.60. The van der Waals surface area contributed by atoms with Crippen LogP contribution in [0.4, 0.5) is 0 Å². The Morgan fingerprint density at radius 1 is 1.06 bits per heavy atom. The van der Waals surface area contributed by atoms with Gasteiger partial charge in [0.15, 0.2) is 0 Å². The van der Waals surface area contributed by atoms with E-state index < -0.39 is 0 Å². The first-order valence-electron chi connectivity index (χ1n) is 7.42. The van der Waals surface area contributed by atoms with Gasteiger partial charge in [-0.25, -0.2) is 0 Å². The van der Waals surface area contributed by atoms with E-state index in [0.717, 1.165) is 30.3 Å². The maximum Gasteiger partial charge on any atom is 0.0590 e. The van der Waals surface area contributed by atoms with Crippen LogP contribution in [0.15, 0.2) is 0 Å². The van der Waals surface area contributed by atoms with Gasteiger partial charge in [-0.15, -0.1) is 0 Å². The third-order valence-corrected chi connectivity index (χ3v) is 5.38. The minimum Gasteiger partial charge on any atom is -0.378 e. The molecule has 0 radical (unpaired) electrons. The molecule has 0 bridgehead atoms. The Kier molecular flexibility index (Phi) is 4.48. The molecule has 0 aromatic heterocycles. The van der Waals surface area contributed by atoms with Crippen molar-refractivity contribution in [2.75, 3.05) is 13.7 Å². The molecule has 2 aliphatic rings. The van der Waals surface area contributed by atoms with E-state index >= 15 is 0 Å². The molecule has 100 valence electrons. The maximum atomic E-state index is 5.75. The second-order valence-corrected chi connectivity index (χ2v) is 6.37.